The van der Waals surface area contributed by atoms with E-state index in [9.17, 15) is 0 Å². The van der Waals surface area contributed by atoms with Gasteiger partial charge in [0.25, 0.3) is 0 Å². The minimum atomic E-state index is -0.00270. The van der Waals surface area contributed by atoms with Crippen molar-refractivity contribution >= 4 is 66.9 Å². The molecule has 1 aromatic rings. The van der Waals surface area contributed by atoms with Crippen molar-refractivity contribution in [2.45, 2.75) is 104 Å². The van der Waals surface area contributed by atoms with E-state index < -0.39 is 0 Å². The first-order chi connectivity index (χ1) is 14.1. The summed E-state index contributed by atoms with van der Waals surface area (Å²) in [6.07, 6.45) is 21.1. The minimum absolute atomic E-state index is 0.00270. The van der Waals surface area contributed by atoms with Crippen molar-refractivity contribution in [1.82, 2.24) is 0 Å². The monoisotopic (exact) mass is 574 g/mol. The van der Waals surface area contributed by atoms with Crippen LogP contribution in [0.25, 0.3) is 4.91 Å². The molecular formula is C24H36Br2S2Si. The van der Waals surface area contributed by atoms with Crippen LogP contribution in [0.2, 0.25) is 0 Å². The molecule has 1 atom stereocenters. The van der Waals surface area contributed by atoms with Crippen LogP contribution in [0.5, 0.6) is 0 Å². The first-order valence-electron chi connectivity index (χ1n) is 11.4. The number of hydrogen-bond donors (Lipinski definition) is 0. The second kappa shape index (κ2) is 14.7. The maximum atomic E-state index is 4.05. The van der Waals surface area contributed by atoms with Gasteiger partial charge < -0.3 is 0 Å². The highest BCUT2D eigenvalue weighted by Crippen LogP contribution is 2.53. The average Bonchev–Trinajstić information content (AvgIpc) is 3.19. The molecule has 2 rings (SSSR count). The Kier molecular flexibility index (Phi) is 13.2. The minimum Gasteiger partial charge on any atom is -0.141 e. The van der Waals surface area contributed by atoms with Crippen molar-refractivity contribution in [3.05, 3.63) is 35.8 Å². The van der Waals surface area contributed by atoms with E-state index >= 15 is 0 Å². The fourth-order valence-electron chi connectivity index (χ4n) is 3.88. The van der Waals surface area contributed by atoms with E-state index in [4.69, 9.17) is 0 Å². The van der Waals surface area contributed by atoms with Crippen molar-refractivity contribution < 1.29 is 0 Å². The summed E-state index contributed by atoms with van der Waals surface area (Å²) in [5, 5.41) is 0. The molecule has 1 aromatic heterocycles. The Morgan fingerprint density at radius 3 is 2.00 bits per heavy atom. The molecule has 0 N–H and O–H groups in total. The zero-order valence-electron chi connectivity index (χ0n) is 18.1. The molecule has 2 radical (unpaired) electrons. The lowest BCUT2D eigenvalue weighted by atomic mass is 10.0. The lowest BCUT2D eigenvalue weighted by Gasteiger charge is -2.11. The van der Waals surface area contributed by atoms with Crippen LogP contribution in [-0.4, -0.2) is 8.95 Å². The Morgan fingerprint density at radius 1 is 0.828 bits per heavy atom. The highest BCUT2D eigenvalue weighted by atomic mass is 79.9. The van der Waals surface area contributed by atoms with Crippen LogP contribution >= 0.6 is 53.1 Å². The molecule has 29 heavy (non-hydrogen) atoms. The molecule has 2 heterocycles. The fraction of sp³-hybridized carbons (Fsp3) is 0.667. The molecule has 0 saturated carbocycles. The number of unbranched alkanes of at least 4 members (excludes halogenated alkanes) is 10. The Balaban J connectivity index is 2.02. The molecule has 0 spiro atoms. The van der Waals surface area contributed by atoms with Gasteiger partial charge in [0.1, 0.15) is 0 Å². The molecular weight excluding hydrogens is 540 g/mol. The van der Waals surface area contributed by atoms with Gasteiger partial charge in [-0.2, -0.15) is 0 Å². The Morgan fingerprint density at radius 2 is 1.38 bits per heavy atom. The Bertz CT molecular complexity index is 718. The van der Waals surface area contributed by atoms with Gasteiger partial charge in [-0.25, -0.2) is 0 Å². The van der Waals surface area contributed by atoms with E-state index in [0.29, 0.717) is 0 Å². The maximum Gasteiger partial charge on any atom is 0.0883 e. The van der Waals surface area contributed by atoms with Crippen LogP contribution in [0.4, 0.5) is 0 Å². The van der Waals surface area contributed by atoms with E-state index in [1.807, 2.05) is 11.3 Å². The maximum absolute atomic E-state index is 4.05. The van der Waals surface area contributed by atoms with Crippen molar-refractivity contribution in [1.29, 1.82) is 0 Å². The Hall–Kier alpha value is 0.707. The van der Waals surface area contributed by atoms with Crippen LogP contribution < -0.4 is 0 Å². The summed E-state index contributed by atoms with van der Waals surface area (Å²) in [7, 11) is 4.05. The van der Waals surface area contributed by atoms with Crippen molar-refractivity contribution in [2.75, 3.05) is 0 Å². The number of rotatable bonds is 15. The largest absolute Gasteiger partial charge is 0.141 e. The number of aryl methyl sites for hydroxylation is 1. The zero-order valence-corrected chi connectivity index (χ0v) is 23.9. The van der Waals surface area contributed by atoms with Crippen LogP contribution in [-0.2, 0) is 6.42 Å². The van der Waals surface area contributed by atoms with Crippen molar-refractivity contribution in [3.8, 4) is 0 Å². The van der Waals surface area contributed by atoms with Gasteiger partial charge in [0.2, 0.25) is 0 Å². The average molecular weight is 577 g/mol. The van der Waals surface area contributed by atoms with Crippen molar-refractivity contribution in [2.24, 2.45) is 0 Å². The van der Waals surface area contributed by atoms with Gasteiger partial charge in [-0.1, -0.05) is 78.1 Å². The van der Waals surface area contributed by atoms with Gasteiger partial charge in [0.05, 0.1) is 12.7 Å². The quantitative estimate of drug-likeness (QED) is 0.144. The summed E-state index contributed by atoms with van der Waals surface area (Å²) in [4.78, 5) is 3.05. The number of thiophene rings is 1. The standard InChI is InChI=1S/C24H36Br2S2Si/c1-3-5-7-9-11-13-15-19-17-21(25)27-23(19)24-20(18-22(26)28(24)29)16-14-12-10-8-6-4-2/h17-18H,3-16H2,1-2H3. The second-order valence-corrected chi connectivity index (χ2v) is 14.5. The normalized spacial score (nSPS) is 16.7. The summed E-state index contributed by atoms with van der Waals surface area (Å²) >= 11 is 9.51. The van der Waals surface area contributed by atoms with E-state index in [1.165, 1.54) is 102 Å². The van der Waals surface area contributed by atoms with E-state index in [0.717, 1.165) is 0 Å². The summed E-state index contributed by atoms with van der Waals surface area (Å²) < 4.78 is 2.58. The van der Waals surface area contributed by atoms with Crippen LogP contribution in [0, 0.1) is 0 Å². The number of hydrogen-bond acceptors (Lipinski definition) is 1. The summed E-state index contributed by atoms with van der Waals surface area (Å²) in [5.41, 5.74) is 3.09. The highest BCUT2D eigenvalue weighted by Gasteiger charge is 2.23. The van der Waals surface area contributed by atoms with E-state index in [-0.39, 0.29) is 9.89 Å². The molecule has 0 saturated heterocycles. The SMILES string of the molecule is CCCCCCCCC1=C(c2sc(Br)cc2CCCCCCCC)S(=[Si])C(Br)=C1. The van der Waals surface area contributed by atoms with Crippen molar-refractivity contribution in [3.63, 3.8) is 0 Å². The lowest BCUT2D eigenvalue weighted by molar-refractivity contribution is 0.607. The number of allylic oxidation sites excluding steroid dienone is 2. The van der Waals surface area contributed by atoms with Gasteiger partial charge in [-0.3, -0.25) is 0 Å². The third-order valence-electron chi connectivity index (χ3n) is 5.56. The Labute approximate surface area is 205 Å². The van der Waals surface area contributed by atoms with Gasteiger partial charge >= 0.3 is 0 Å². The lowest BCUT2D eigenvalue weighted by Crippen LogP contribution is -1.91. The number of halogens is 2. The predicted molar refractivity (Wildman–Crippen MR) is 144 cm³/mol. The molecule has 0 amide bonds. The molecule has 5 heteroatoms. The molecule has 0 fully saturated rings. The predicted octanol–water partition coefficient (Wildman–Crippen LogP) is 10.5. The van der Waals surface area contributed by atoms with Crippen LogP contribution in [0.3, 0.4) is 0 Å². The van der Waals surface area contributed by atoms with Gasteiger partial charge in [-0.15, -0.1) is 21.2 Å². The third kappa shape index (κ3) is 8.63. The first-order valence-corrected chi connectivity index (χ1v) is 16.3. The van der Waals surface area contributed by atoms with E-state index in [2.05, 4.69) is 66.8 Å². The van der Waals surface area contributed by atoms with Gasteiger partial charge in [-0.05, 0) is 80.8 Å². The summed E-state index contributed by atoms with van der Waals surface area (Å²) in [6.45, 7) is 4.58. The first kappa shape index (κ1) is 26.0. The zero-order chi connectivity index (χ0) is 21.1. The molecule has 1 aliphatic rings. The summed E-state index contributed by atoms with van der Waals surface area (Å²) in [6, 6.07) is 2.37. The summed E-state index contributed by atoms with van der Waals surface area (Å²) in [5.74, 6) is 0. The fourth-order valence-corrected chi connectivity index (χ4v) is 8.98. The van der Waals surface area contributed by atoms with Crippen LogP contribution in [0.1, 0.15) is 108 Å². The molecule has 0 aromatic carbocycles. The third-order valence-corrected chi connectivity index (χ3v) is 12.1. The second-order valence-electron chi connectivity index (χ2n) is 8.05. The topological polar surface area (TPSA) is 0 Å². The van der Waals surface area contributed by atoms with Crippen LogP contribution in [0.15, 0.2) is 25.3 Å². The molecule has 1 aliphatic heterocycles. The smallest absolute Gasteiger partial charge is 0.0883 e. The molecule has 0 nitrogen and oxygen atoms in total. The molecule has 1 unspecified atom stereocenters. The van der Waals surface area contributed by atoms with Gasteiger partial charge in [0.15, 0.2) is 0 Å². The highest BCUT2D eigenvalue weighted by molar-refractivity contribution is 9.14. The van der Waals surface area contributed by atoms with Gasteiger partial charge in [0, 0.05) is 13.6 Å². The molecule has 0 aliphatic carbocycles. The molecule has 162 valence electrons. The molecule has 0 bridgehead atoms. The van der Waals surface area contributed by atoms with E-state index in [1.54, 1.807) is 16.0 Å².